The van der Waals surface area contributed by atoms with E-state index in [9.17, 15) is 13.2 Å². The first kappa shape index (κ1) is 15.5. The predicted molar refractivity (Wildman–Crippen MR) is 83.2 cm³/mol. The van der Waals surface area contributed by atoms with Crippen molar-refractivity contribution in [2.75, 3.05) is 24.7 Å². The van der Waals surface area contributed by atoms with Crippen LogP contribution in [0.3, 0.4) is 0 Å². The van der Waals surface area contributed by atoms with E-state index in [1.54, 1.807) is 4.90 Å². The Kier molecular flexibility index (Phi) is 4.49. The van der Waals surface area contributed by atoms with Crippen molar-refractivity contribution in [3.8, 4) is 0 Å². The molecule has 1 atom stereocenters. The number of amides is 1. The second-order valence-electron chi connectivity index (χ2n) is 6.02. The van der Waals surface area contributed by atoms with Gasteiger partial charge in [-0.05, 0) is 30.4 Å². The molecule has 0 spiro atoms. The zero-order chi connectivity index (χ0) is 15.6. The fourth-order valence-corrected chi connectivity index (χ4v) is 4.61. The van der Waals surface area contributed by atoms with Gasteiger partial charge in [0, 0.05) is 19.7 Å². The molecular formula is C16H21NO4S. The van der Waals surface area contributed by atoms with Crippen molar-refractivity contribution in [1.82, 2.24) is 4.90 Å². The first-order valence-electron chi connectivity index (χ1n) is 7.70. The third-order valence-corrected chi connectivity index (χ3v) is 5.86. The molecule has 120 valence electrons. The van der Waals surface area contributed by atoms with Gasteiger partial charge in [0.1, 0.15) is 5.75 Å². The Morgan fingerprint density at radius 3 is 2.77 bits per heavy atom. The summed E-state index contributed by atoms with van der Waals surface area (Å²) in [4.78, 5) is 14.0. The molecule has 2 heterocycles. The number of sulfone groups is 1. The zero-order valence-electron chi connectivity index (χ0n) is 12.5. The lowest BCUT2D eigenvalue weighted by atomic mass is 10.00. The fourth-order valence-electron chi connectivity index (χ4n) is 3.11. The second kappa shape index (κ2) is 6.38. The van der Waals surface area contributed by atoms with Crippen molar-refractivity contribution in [3.05, 3.63) is 35.4 Å². The van der Waals surface area contributed by atoms with Crippen LogP contribution in [-0.2, 0) is 32.3 Å². The Balaban J connectivity index is 1.60. The number of benzene rings is 1. The minimum Gasteiger partial charge on any atom is -0.377 e. The molecule has 1 aromatic rings. The van der Waals surface area contributed by atoms with Crippen LogP contribution in [0.25, 0.3) is 0 Å². The molecule has 1 saturated heterocycles. The molecule has 2 aliphatic rings. The number of carbonyl (C=O) groups is 1. The first-order valence-corrected chi connectivity index (χ1v) is 9.52. The Morgan fingerprint density at radius 2 is 2.05 bits per heavy atom. The van der Waals surface area contributed by atoms with E-state index in [1.165, 1.54) is 5.56 Å². The standard InChI is InChI=1S/C16H21NO4S/c18-16(12-22(19,20)11-15-6-3-9-21-15)17-8-7-13-4-1-2-5-14(13)10-17/h1-2,4-5,15H,3,6-12H2. The lowest BCUT2D eigenvalue weighted by Crippen LogP contribution is -2.40. The highest BCUT2D eigenvalue weighted by molar-refractivity contribution is 7.92. The Labute approximate surface area is 131 Å². The van der Waals surface area contributed by atoms with Crippen molar-refractivity contribution in [2.45, 2.75) is 31.9 Å². The summed E-state index contributed by atoms with van der Waals surface area (Å²) in [6.07, 6.45) is 2.22. The van der Waals surface area contributed by atoms with Gasteiger partial charge in [0.15, 0.2) is 9.84 Å². The van der Waals surface area contributed by atoms with Gasteiger partial charge in [0.25, 0.3) is 0 Å². The van der Waals surface area contributed by atoms with Crippen LogP contribution in [0.15, 0.2) is 24.3 Å². The minimum absolute atomic E-state index is 0.0385. The summed E-state index contributed by atoms with van der Waals surface area (Å²) in [5, 5.41) is 0. The lowest BCUT2D eigenvalue weighted by molar-refractivity contribution is -0.129. The smallest absolute Gasteiger partial charge is 0.238 e. The highest BCUT2D eigenvalue weighted by Gasteiger charge is 2.28. The quantitative estimate of drug-likeness (QED) is 0.834. The van der Waals surface area contributed by atoms with E-state index >= 15 is 0 Å². The summed E-state index contributed by atoms with van der Waals surface area (Å²) in [5.41, 5.74) is 2.35. The van der Waals surface area contributed by atoms with E-state index < -0.39 is 15.6 Å². The fraction of sp³-hybridized carbons (Fsp3) is 0.562. The van der Waals surface area contributed by atoms with E-state index in [0.29, 0.717) is 19.7 Å². The molecule has 1 fully saturated rings. The Hall–Kier alpha value is -1.40. The highest BCUT2D eigenvalue weighted by atomic mass is 32.2. The molecule has 6 heteroatoms. The highest BCUT2D eigenvalue weighted by Crippen LogP contribution is 2.19. The summed E-state index contributed by atoms with van der Waals surface area (Å²) in [6.45, 7) is 1.72. The SMILES string of the molecule is O=C(CS(=O)(=O)CC1CCCO1)N1CCc2ccccc2C1. The molecule has 1 aromatic carbocycles. The van der Waals surface area contributed by atoms with Crippen LogP contribution in [0.5, 0.6) is 0 Å². The third kappa shape index (κ3) is 3.67. The van der Waals surface area contributed by atoms with Crippen molar-refractivity contribution < 1.29 is 17.9 Å². The van der Waals surface area contributed by atoms with Gasteiger partial charge in [0.2, 0.25) is 5.91 Å². The summed E-state index contributed by atoms with van der Waals surface area (Å²) < 4.78 is 29.7. The number of carbonyl (C=O) groups excluding carboxylic acids is 1. The molecule has 1 unspecified atom stereocenters. The van der Waals surface area contributed by atoms with E-state index in [1.807, 2.05) is 18.2 Å². The van der Waals surface area contributed by atoms with Crippen LogP contribution in [0.2, 0.25) is 0 Å². The molecule has 0 saturated carbocycles. The van der Waals surface area contributed by atoms with E-state index in [4.69, 9.17) is 4.74 Å². The largest absolute Gasteiger partial charge is 0.377 e. The first-order chi connectivity index (χ1) is 10.5. The predicted octanol–water partition coefficient (Wildman–Crippen LogP) is 1.17. The Bertz CT molecular complexity index is 650. The van der Waals surface area contributed by atoms with Gasteiger partial charge in [-0.2, -0.15) is 0 Å². The van der Waals surface area contributed by atoms with Crippen LogP contribution >= 0.6 is 0 Å². The van der Waals surface area contributed by atoms with Crippen LogP contribution in [0.4, 0.5) is 0 Å². The monoisotopic (exact) mass is 323 g/mol. The Morgan fingerprint density at radius 1 is 1.27 bits per heavy atom. The minimum atomic E-state index is -3.41. The molecule has 5 nitrogen and oxygen atoms in total. The number of hydrogen-bond acceptors (Lipinski definition) is 4. The van der Waals surface area contributed by atoms with Crippen LogP contribution < -0.4 is 0 Å². The van der Waals surface area contributed by atoms with E-state index in [2.05, 4.69) is 6.07 Å². The molecule has 3 rings (SSSR count). The van der Waals surface area contributed by atoms with Crippen molar-refractivity contribution in [1.29, 1.82) is 0 Å². The maximum atomic E-state index is 12.3. The maximum absolute atomic E-state index is 12.3. The third-order valence-electron chi connectivity index (χ3n) is 4.29. The van der Waals surface area contributed by atoms with Crippen molar-refractivity contribution in [2.24, 2.45) is 0 Å². The van der Waals surface area contributed by atoms with Crippen LogP contribution in [0.1, 0.15) is 24.0 Å². The summed E-state index contributed by atoms with van der Waals surface area (Å²) >= 11 is 0. The maximum Gasteiger partial charge on any atom is 0.238 e. The number of hydrogen-bond donors (Lipinski definition) is 0. The summed E-state index contributed by atoms with van der Waals surface area (Å²) in [6, 6.07) is 7.99. The number of rotatable bonds is 4. The van der Waals surface area contributed by atoms with Gasteiger partial charge in [-0.1, -0.05) is 24.3 Å². The molecule has 22 heavy (non-hydrogen) atoms. The molecule has 1 amide bonds. The average Bonchev–Trinajstić information content (AvgIpc) is 2.98. The van der Waals surface area contributed by atoms with Crippen LogP contribution in [-0.4, -0.2) is 50.0 Å². The number of fused-ring (bicyclic) bond motifs is 1. The summed E-state index contributed by atoms with van der Waals surface area (Å²) in [5.74, 6) is -0.745. The van der Waals surface area contributed by atoms with Crippen molar-refractivity contribution >= 4 is 15.7 Å². The van der Waals surface area contributed by atoms with Gasteiger partial charge in [0.05, 0.1) is 11.9 Å². The molecule has 0 bridgehead atoms. The van der Waals surface area contributed by atoms with Gasteiger partial charge in [-0.15, -0.1) is 0 Å². The molecule has 0 aliphatic carbocycles. The normalized spacial score (nSPS) is 21.6. The molecule has 0 N–H and O–H groups in total. The lowest BCUT2D eigenvalue weighted by Gasteiger charge is -2.29. The molecular weight excluding hydrogens is 302 g/mol. The summed E-state index contributed by atoms with van der Waals surface area (Å²) in [7, 11) is -3.41. The zero-order valence-corrected chi connectivity index (χ0v) is 13.3. The number of ether oxygens (including phenoxy) is 1. The van der Waals surface area contributed by atoms with Gasteiger partial charge >= 0.3 is 0 Å². The molecule has 2 aliphatic heterocycles. The topological polar surface area (TPSA) is 63.7 Å². The van der Waals surface area contributed by atoms with Gasteiger partial charge in [-0.25, -0.2) is 8.42 Å². The van der Waals surface area contributed by atoms with Crippen molar-refractivity contribution in [3.63, 3.8) is 0 Å². The van der Waals surface area contributed by atoms with E-state index in [-0.39, 0.29) is 17.8 Å². The van der Waals surface area contributed by atoms with E-state index in [0.717, 1.165) is 24.8 Å². The van der Waals surface area contributed by atoms with Crippen LogP contribution in [0, 0.1) is 0 Å². The van der Waals surface area contributed by atoms with Gasteiger partial charge in [-0.3, -0.25) is 4.79 Å². The molecule has 0 radical (unpaired) electrons. The molecule has 0 aromatic heterocycles. The second-order valence-corrected chi connectivity index (χ2v) is 8.13. The number of nitrogens with zero attached hydrogens (tertiary/aromatic N) is 1. The van der Waals surface area contributed by atoms with Gasteiger partial charge < -0.3 is 9.64 Å². The average molecular weight is 323 g/mol.